The third-order valence-electron chi connectivity index (χ3n) is 4.03. The van der Waals surface area contributed by atoms with Gasteiger partial charge in [0.25, 0.3) is 5.91 Å². The minimum absolute atomic E-state index is 0.0145. The molecule has 1 saturated heterocycles. The molecule has 1 fully saturated rings. The lowest BCUT2D eigenvalue weighted by Gasteiger charge is -2.30. The largest absolute Gasteiger partial charge is 0.343 e. The molecule has 2 aromatic rings. The van der Waals surface area contributed by atoms with Crippen LogP contribution in [-0.4, -0.2) is 46.5 Å². The average molecular weight is 314 g/mol. The van der Waals surface area contributed by atoms with Crippen LogP contribution in [0.15, 0.2) is 41.2 Å². The van der Waals surface area contributed by atoms with Crippen molar-refractivity contribution in [1.29, 1.82) is 0 Å². The number of amides is 2. The first kappa shape index (κ1) is 15.2. The van der Waals surface area contributed by atoms with Gasteiger partial charge in [0.1, 0.15) is 0 Å². The fourth-order valence-electron chi connectivity index (χ4n) is 2.71. The maximum atomic E-state index is 12.2. The Kier molecular flexibility index (Phi) is 4.65. The van der Waals surface area contributed by atoms with Gasteiger partial charge in [-0.05, 0) is 25.0 Å². The van der Waals surface area contributed by atoms with E-state index in [-0.39, 0.29) is 24.3 Å². The molecule has 0 unspecified atom stereocenters. The summed E-state index contributed by atoms with van der Waals surface area (Å²) in [6.07, 6.45) is 2.93. The summed E-state index contributed by atoms with van der Waals surface area (Å²) in [6.45, 7) is 1.29. The van der Waals surface area contributed by atoms with E-state index < -0.39 is 0 Å². The molecule has 7 heteroatoms. The highest BCUT2D eigenvalue weighted by molar-refractivity contribution is 5.96. The summed E-state index contributed by atoms with van der Waals surface area (Å²) < 4.78 is 4.76. The Balaban J connectivity index is 1.45. The molecule has 0 saturated carbocycles. The number of hydrogen-bond donors (Lipinski definition) is 1. The highest BCUT2D eigenvalue weighted by atomic mass is 16.5. The van der Waals surface area contributed by atoms with E-state index >= 15 is 0 Å². The molecule has 1 aliphatic rings. The van der Waals surface area contributed by atoms with Crippen LogP contribution in [0, 0.1) is 0 Å². The number of rotatable bonds is 4. The fraction of sp³-hybridized carbons (Fsp3) is 0.375. The molecule has 0 atom stereocenters. The minimum atomic E-state index is -0.236. The van der Waals surface area contributed by atoms with Crippen molar-refractivity contribution in [3.63, 3.8) is 0 Å². The van der Waals surface area contributed by atoms with Crippen molar-refractivity contribution in [1.82, 2.24) is 20.4 Å². The van der Waals surface area contributed by atoms with Gasteiger partial charge in [-0.2, -0.15) is 4.98 Å². The normalized spacial score (nSPS) is 15.4. The van der Waals surface area contributed by atoms with Crippen molar-refractivity contribution in [2.24, 2.45) is 0 Å². The fourth-order valence-corrected chi connectivity index (χ4v) is 2.71. The van der Waals surface area contributed by atoms with Crippen molar-refractivity contribution >= 4 is 11.8 Å². The Hall–Kier alpha value is -2.70. The van der Waals surface area contributed by atoms with Gasteiger partial charge >= 0.3 is 0 Å². The van der Waals surface area contributed by atoms with Crippen molar-refractivity contribution in [3.8, 4) is 0 Å². The van der Waals surface area contributed by atoms with E-state index in [1.165, 1.54) is 6.39 Å². The summed E-state index contributed by atoms with van der Waals surface area (Å²) in [7, 11) is 0. The molecular formula is C16H18N4O3. The van der Waals surface area contributed by atoms with Gasteiger partial charge in [0.15, 0.2) is 5.82 Å². The van der Waals surface area contributed by atoms with E-state index in [0.717, 1.165) is 12.8 Å². The maximum Gasteiger partial charge on any atom is 0.251 e. The smallest absolute Gasteiger partial charge is 0.251 e. The lowest BCUT2D eigenvalue weighted by molar-refractivity contribution is -0.131. The lowest BCUT2D eigenvalue weighted by Crippen LogP contribution is -2.43. The van der Waals surface area contributed by atoms with E-state index in [1.807, 2.05) is 6.07 Å². The first-order valence-electron chi connectivity index (χ1n) is 7.61. The van der Waals surface area contributed by atoms with Crippen LogP contribution in [0.1, 0.15) is 34.9 Å². The van der Waals surface area contributed by atoms with Crippen LogP contribution in [0.5, 0.6) is 0 Å². The molecule has 0 bridgehead atoms. The SMILES string of the molecule is O=C(NCC(=O)N1CCC(c2ncon2)CC1)c1ccccc1. The number of nitrogens with zero attached hydrogens (tertiary/aromatic N) is 3. The molecule has 23 heavy (non-hydrogen) atoms. The molecular weight excluding hydrogens is 296 g/mol. The monoisotopic (exact) mass is 314 g/mol. The van der Waals surface area contributed by atoms with Crippen LogP contribution in [0.25, 0.3) is 0 Å². The van der Waals surface area contributed by atoms with Gasteiger partial charge in [0.2, 0.25) is 12.3 Å². The predicted octanol–water partition coefficient (Wildman–Crippen LogP) is 1.21. The number of hydrogen-bond acceptors (Lipinski definition) is 5. The Morgan fingerprint density at radius 2 is 1.96 bits per heavy atom. The van der Waals surface area contributed by atoms with Crippen LogP contribution < -0.4 is 5.32 Å². The molecule has 7 nitrogen and oxygen atoms in total. The van der Waals surface area contributed by atoms with Crippen LogP contribution in [0.2, 0.25) is 0 Å². The molecule has 1 aromatic carbocycles. The number of carbonyl (C=O) groups is 2. The van der Waals surface area contributed by atoms with Gasteiger partial charge in [0.05, 0.1) is 6.54 Å². The standard InChI is InChI=1S/C16H18N4O3/c21-14(10-17-16(22)13-4-2-1-3-5-13)20-8-6-12(7-9-20)15-18-11-23-19-15/h1-5,11-12H,6-10H2,(H,17,22). The second-order valence-corrected chi connectivity index (χ2v) is 5.49. The first-order chi connectivity index (χ1) is 11.2. The highest BCUT2D eigenvalue weighted by Gasteiger charge is 2.26. The Morgan fingerprint density at radius 1 is 1.22 bits per heavy atom. The number of likely N-dealkylation sites (tertiary alicyclic amines) is 1. The van der Waals surface area contributed by atoms with E-state index in [2.05, 4.69) is 15.5 Å². The summed E-state index contributed by atoms with van der Waals surface area (Å²) in [4.78, 5) is 29.9. The zero-order valence-corrected chi connectivity index (χ0v) is 12.6. The molecule has 2 amide bonds. The molecule has 2 heterocycles. The first-order valence-corrected chi connectivity index (χ1v) is 7.61. The van der Waals surface area contributed by atoms with E-state index in [9.17, 15) is 9.59 Å². The Labute approximate surface area is 133 Å². The number of aromatic nitrogens is 2. The number of piperidine rings is 1. The van der Waals surface area contributed by atoms with Crippen molar-refractivity contribution < 1.29 is 14.1 Å². The molecule has 1 N–H and O–H groups in total. The summed E-state index contributed by atoms with van der Waals surface area (Å²) in [5.41, 5.74) is 0.552. The van der Waals surface area contributed by atoms with E-state index in [4.69, 9.17) is 4.52 Å². The van der Waals surface area contributed by atoms with Crippen molar-refractivity contribution in [2.45, 2.75) is 18.8 Å². The van der Waals surface area contributed by atoms with Gasteiger partial charge in [-0.3, -0.25) is 9.59 Å². The molecule has 3 rings (SSSR count). The Morgan fingerprint density at radius 3 is 2.61 bits per heavy atom. The van der Waals surface area contributed by atoms with E-state index in [1.54, 1.807) is 29.2 Å². The van der Waals surface area contributed by atoms with Gasteiger partial charge in [-0.1, -0.05) is 23.4 Å². The number of carbonyl (C=O) groups excluding carboxylic acids is 2. The molecule has 1 aromatic heterocycles. The highest BCUT2D eigenvalue weighted by Crippen LogP contribution is 2.25. The Bertz CT molecular complexity index is 649. The lowest BCUT2D eigenvalue weighted by atomic mass is 9.96. The van der Waals surface area contributed by atoms with Crippen LogP contribution >= 0.6 is 0 Å². The summed E-state index contributed by atoms with van der Waals surface area (Å²) in [5, 5.41) is 6.52. The van der Waals surface area contributed by atoms with Gasteiger partial charge in [0, 0.05) is 24.6 Å². The summed E-state index contributed by atoms with van der Waals surface area (Å²) in [6, 6.07) is 8.86. The molecule has 0 radical (unpaired) electrons. The zero-order chi connectivity index (χ0) is 16.1. The van der Waals surface area contributed by atoms with Crippen molar-refractivity contribution in [3.05, 3.63) is 48.1 Å². The van der Waals surface area contributed by atoms with Crippen LogP contribution in [0.3, 0.4) is 0 Å². The van der Waals surface area contributed by atoms with Crippen molar-refractivity contribution in [2.75, 3.05) is 19.6 Å². The van der Waals surface area contributed by atoms with Gasteiger partial charge < -0.3 is 14.7 Å². The number of benzene rings is 1. The molecule has 0 spiro atoms. The van der Waals surface area contributed by atoms with Crippen LogP contribution in [-0.2, 0) is 4.79 Å². The average Bonchev–Trinajstić information content (AvgIpc) is 3.15. The topological polar surface area (TPSA) is 88.3 Å². The summed E-state index contributed by atoms with van der Waals surface area (Å²) in [5.74, 6) is 0.632. The number of nitrogens with one attached hydrogen (secondary N) is 1. The second-order valence-electron chi connectivity index (χ2n) is 5.49. The maximum absolute atomic E-state index is 12.2. The molecule has 120 valence electrons. The van der Waals surface area contributed by atoms with Crippen LogP contribution in [0.4, 0.5) is 0 Å². The molecule has 1 aliphatic heterocycles. The quantitative estimate of drug-likeness (QED) is 0.916. The molecule has 0 aliphatic carbocycles. The third-order valence-corrected chi connectivity index (χ3v) is 4.03. The second kappa shape index (κ2) is 7.04. The zero-order valence-electron chi connectivity index (χ0n) is 12.6. The van der Waals surface area contributed by atoms with Gasteiger partial charge in [-0.25, -0.2) is 0 Å². The minimum Gasteiger partial charge on any atom is -0.343 e. The summed E-state index contributed by atoms with van der Waals surface area (Å²) >= 11 is 0. The van der Waals surface area contributed by atoms with Gasteiger partial charge in [-0.15, -0.1) is 0 Å². The predicted molar refractivity (Wildman–Crippen MR) is 81.6 cm³/mol. The van der Waals surface area contributed by atoms with E-state index in [0.29, 0.717) is 24.5 Å². The third kappa shape index (κ3) is 3.74.